The summed E-state index contributed by atoms with van der Waals surface area (Å²) in [5.74, 6) is 2.00. The molecule has 110 valence electrons. The molecule has 0 radical (unpaired) electrons. The van der Waals surface area contributed by atoms with Crippen LogP contribution in [0.1, 0.15) is 11.1 Å². The van der Waals surface area contributed by atoms with Crippen LogP contribution in [0.15, 0.2) is 24.5 Å². The third-order valence-electron chi connectivity index (χ3n) is 3.41. The lowest BCUT2D eigenvalue weighted by Gasteiger charge is -2.12. The first-order valence-electron chi connectivity index (χ1n) is 6.73. The molecular weight excluding hydrogens is 270 g/mol. The van der Waals surface area contributed by atoms with E-state index in [9.17, 15) is 0 Å². The minimum atomic E-state index is 0.513. The summed E-state index contributed by atoms with van der Waals surface area (Å²) in [5.41, 5.74) is 3.04. The van der Waals surface area contributed by atoms with E-state index >= 15 is 0 Å². The minimum absolute atomic E-state index is 0.513. The van der Waals surface area contributed by atoms with Gasteiger partial charge in [0.2, 0.25) is 11.8 Å². The van der Waals surface area contributed by atoms with Crippen molar-refractivity contribution < 1.29 is 14.2 Å². The van der Waals surface area contributed by atoms with Gasteiger partial charge in [-0.05, 0) is 23.8 Å². The Morgan fingerprint density at radius 2 is 1.95 bits per heavy atom. The summed E-state index contributed by atoms with van der Waals surface area (Å²) in [5, 5.41) is 3.34. The number of ether oxygens (including phenoxy) is 3. The molecule has 0 spiro atoms. The molecule has 0 unspecified atom stereocenters. The molecule has 1 aliphatic heterocycles. The molecule has 1 aromatic heterocycles. The Bertz CT molecular complexity index is 624. The van der Waals surface area contributed by atoms with E-state index in [4.69, 9.17) is 14.2 Å². The predicted octanol–water partition coefficient (Wildman–Crippen LogP) is 2.04. The maximum Gasteiger partial charge on any atom is 0.225 e. The average molecular weight is 287 g/mol. The van der Waals surface area contributed by atoms with Gasteiger partial charge in [-0.15, -0.1) is 0 Å². The van der Waals surface area contributed by atoms with Crippen molar-refractivity contribution in [1.29, 1.82) is 0 Å². The highest BCUT2D eigenvalue weighted by Crippen LogP contribution is 2.29. The van der Waals surface area contributed by atoms with Crippen LogP contribution in [-0.2, 0) is 13.0 Å². The van der Waals surface area contributed by atoms with Crippen LogP contribution in [0.3, 0.4) is 0 Å². The monoisotopic (exact) mass is 287 g/mol. The Labute approximate surface area is 123 Å². The van der Waals surface area contributed by atoms with Crippen LogP contribution in [0, 0.1) is 0 Å². The molecule has 0 saturated heterocycles. The molecule has 3 rings (SSSR count). The lowest BCUT2D eigenvalue weighted by atomic mass is 10.1. The van der Waals surface area contributed by atoms with Gasteiger partial charge < -0.3 is 19.5 Å². The summed E-state index contributed by atoms with van der Waals surface area (Å²) in [4.78, 5) is 8.21. The minimum Gasteiger partial charge on any atom is -0.493 e. The van der Waals surface area contributed by atoms with Crippen molar-refractivity contribution in [1.82, 2.24) is 9.97 Å². The van der Waals surface area contributed by atoms with Gasteiger partial charge in [0.05, 0.1) is 32.9 Å². The van der Waals surface area contributed by atoms with Gasteiger partial charge in [-0.1, -0.05) is 0 Å². The number of benzene rings is 1. The molecule has 1 N–H and O–H groups in total. The Hall–Kier alpha value is -2.50. The fourth-order valence-corrected chi connectivity index (χ4v) is 2.37. The van der Waals surface area contributed by atoms with Crippen molar-refractivity contribution >= 4 is 5.69 Å². The van der Waals surface area contributed by atoms with E-state index < -0.39 is 0 Å². The van der Waals surface area contributed by atoms with Gasteiger partial charge in [-0.25, -0.2) is 9.97 Å². The zero-order chi connectivity index (χ0) is 14.7. The lowest BCUT2D eigenvalue weighted by molar-refractivity contribution is 0.357. The quantitative estimate of drug-likeness (QED) is 0.908. The summed E-state index contributed by atoms with van der Waals surface area (Å²) < 4.78 is 16.0. The number of rotatable bonds is 5. The molecule has 2 aromatic rings. The number of methoxy groups -OCH3 is 2. The number of nitrogens with one attached hydrogen (secondary N) is 1. The molecule has 0 atom stereocenters. The van der Waals surface area contributed by atoms with Gasteiger partial charge in [0.15, 0.2) is 0 Å². The van der Waals surface area contributed by atoms with Gasteiger partial charge in [0, 0.05) is 12.1 Å². The van der Waals surface area contributed by atoms with Crippen LogP contribution in [0.2, 0.25) is 0 Å². The highest BCUT2D eigenvalue weighted by Gasteiger charge is 2.14. The summed E-state index contributed by atoms with van der Waals surface area (Å²) in [6.45, 7) is 1.28. The molecule has 0 saturated carbocycles. The SMILES string of the molecule is COc1ncnc(OC)c1CNc1ccc2c(c1)CCO2. The van der Waals surface area contributed by atoms with E-state index in [0.717, 1.165) is 30.0 Å². The highest BCUT2D eigenvalue weighted by molar-refractivity contribution is 5.53. The number of hydrogen-bond donors (Lipinski definition) is 1. The normalized spacial score (nSPS) is 12.5. The summed E-state index contributed by atoms with van der Waals surface area (Å²) in [6, 6.07) is 6.08. The second-order valence-electron chi connectivity index (χ2n) is 4.65. The van der Waals surface area contributed by atoms with E-state index in [1.807, 2.05) is 12.1 Å². The highest BCUT2D eigenvalue weighted by atomic mass is 16.5. The van der Waals surface area contributed by atoms with Crippen molar-refractivity contribution in [3.05, 3.63) is 35.7 Å². The maximum absolute atomic E-state index is 5.50. The van der Waals surface area contributed by atoms with E-state index in [1.54, 1.807) is 14.2 Å². The maximum atomic E-state index is 5.50. The van der Waals surface area contributed by atoms with E-state index in [0.29, 0.717) is 18.3 Å². The molecule has 0 fully saturated rings. The fraction of sp³-hybridized carbons (Fsp3) is 0.333. The molecule has 6 heteroatoms. The van der Waals surface area contributed by atoms with Gasteiger partial charge in [-0.3, -0.25) is 0 Å². The Morgan fingerprint density at radius 3 is 2.67 bits per heavy atom. The molecule has 1 aliphatic rings. The van der Waals surface area contributed by atoms with Crippen molar-refractivity contribution in [2.75, 3.05) is 26.1 Å². The smallest absolute Gasteiger partial charge is 0.225 e. The van der Waals surface area contributed by atoms with Crippen LogP contribution < -0.4 is 19.5 Å². The Morgan fingerprint density at radius 1 is 1.19 bits per heavy atom. The third-order valence-corrected chi connectivity index (χ3v) is 3.41. The van der Waals surface area contributed by atoms with Crippen LogP contribution in [0.5, 0.6) is 17.5 Å². The lowest BCUT2D eigenvalue weighted by Crippen LogP contribution is -2.06. The first-order chi connectivity index (χ1) is 10.3. The predicted molar refractivity (Wildman–Crippen MR) is 78.1 cm³/mol. The van der Waals surface area contributed by atoms with E-state index in [2.05, 4.69) is 21.4 Å². The number of fused-ring (bicyclic) bond motifs is 1. The largest absolute Gasteiger partial charge is 0.493 e. The molecule has 6 nitrogen and oxygen atoms in total. The topological polar surface area (TPSA) is 65.5 Å². The molecule has 2 heterocycles. The van der Waals surface area contributed by atoms with Crippen molar-refractivity contribution in [3.63, 3.8) is 0 Å². The van der Waals surface area contributed by atoms with Gasteiger partial charge in [0.25, 0.3) is 0 Å². The number of anilines is 1. The van der Waals surface area contributed by atoms with Gasteiger partial charge in [0.1, 0.15) is 12.1 Å². The number of aromatic nitrogens is 2. The molecule has 21 heavy (non-hydrogen) atoms. The second kappa shape index (κ2) is 5.87. The third kappa shape index (κ3) is 2.69. The molecule has 0 amide bonds. The molecule has 0 bridgehead atoms. The molecule has 1 aromatic carbocycles. The molecular formula is C15H17N3O3. The van der Waals surface area contributed by atoms with Crippen molar-refractivity contribution in [2.45, 2.75) is 13.0 Å². The van der Waals surface area contributed by atoms with Gasteiger partial charge in [-0.2, -0.15) is 0 Å². The first kappa shape index (κ1) is 13.5. The molecule has 0 aliphatic carbocycles. The summed E-state index contributed by atoms with van der Waals surface area (Å²) >= 11 is 0. The van der Waals surface area contributed by atoms with Crippen molar-refractivity contribution in [3.8, 4) is 17.5 Å². The Balaban J connectivity index is 1.78. The number of nitrogens with zero attached hydrogens (tertiary/aromatic N) is 2. The van der Waals surface area contributed by atoms with Crippen LogP contribution in [-0.4, -0.2) is 30.8 Å². The standard InChI is InChI=1S/C15H17N3O3/c1-19-14-12(15(20-2)18-9-17-14)8-16-11-3-4-13-10(7-11)5-6-21-13/h3-4,7,9,16H,5-6,8H2,1-2H3. The first-order valence-corrected chi connectivity index (χ1v) is 6.73. The Kier molecular flexibility index (Phi) is 3.77. The summed E-state index contributed by atoms with van der Waals surface area (Å²) in [6.07, 6.45) is 2.37. The zero-order valence-electron chi connectivity index (χ0n) is 12.0. The summed E-state index contributed by atoms with van der Waals surface area (Å²) in [7, 11) is 3.16. The van der Waals surface area contributed by atoms with Gasteiger partial charge >= 0.3 is 0 Å². The van der Waals surface area contributed by atoms with E-state index in [1.165, 1.54) is 11.9 Å². The van der Waals surface area contributed by atoms with Crippen LogP contribution in [0.4, 0.5) is 5.69 Å². The number of hydrogen-bond acceptors (Lipinski definition) is 6. The second-order valence-corrected chi connectivity index (χ2v) is 4.65. The van der Waals surface area contributed by atoms with Crippen molar-refractivity contribution in [2.24, 2.45) is 0 Å². The average Bonchev–Trinajstić information content (AvgIpc) is 3.00. The van der Waals surface area contributed by atoms with Crippen LogP contribution in [0.25, 0.3) is 0 Å². The van der Waals surface area contributed by atoms with Crippen LogP contribution >= 0.6 is 0 Å². The fourth-order valence-electron chi connectivity index (χ4n) is 2.37. The van der Waals surface area contributed by atoms with E-state index in [-0.39, 0.29) is 0 Å². The zero-order valence-corrected chi connectivity index (χ0v) is 12.0.